The van der Waals surface area contributed by atoms with Crippen molar-refractivity contribution < 1.29 is 31.5 Å². The molecule has 1 unspecified atom stereocenters. The van der Waals surface area contributed by atoms with Gasteiger partial charge >= 0.3 is 6.18 Å². The maximum atomic E-state index is 13.8. The summed E-state index contributed by atoms with van der Waals surface area (Å²) in [4.78, 5) is 31.1. The van der Waals surface area contributed by atoms with Gasteiger partial charge in [-0.05, 0) is 36.4 Å². The fourth-order valence-corrected chi connectivity index (χ4v) is 3.23. The molecule has 3 N–H and O–H groups in total. The Morgan fingerprint density at radius 1 is 1.09 bits per heavy atom. The molecule has 6 nitrogen and oxygen atoms in total. The van der Waals surface area contributed by atoms with Crippen LogP contribution < -0.4 is 10.6 Å². The largest absolute Gasteiger partial charge is 0.416 e. The summed E-state index contributed by atoms with van der Waals surface area (Å²) in [6, 6.07) is 3.51. The second-order valence-electron chi connectivity index (χ2n) is 6.64. The number of alkyl halides is 4. The summed E-state index contributed by atoms with van der Waals surface area (Å²) in [7, 11) is 0. The highest BCUT2D eigenvalue weighted by Crippen LogP contribution is 2.33. The van der Waals surface area contributed by atoms with Gasteiger partial charge in [0.1, 0.15) is 35.1 Å². The summed E-state index contributed by atoms with van der Waals surface area (Å²) in [5.41, 5.74) is -1.95. The molecule has 2 amide bonds. The third-order valence-corrected chi connectivity index (χ3v) is 4.95. The van der Waals surface area contributed by atoms with E-state index in [1.165, 1.54) is 6.07 Å². The van der Waals surface area contributed by atoms with Crippen molar-refractivity contribution in [1.82, 2.24) is 15.3 Å². The van der Waals surface area contributed by atoms with Gasteiger partial charge < -0.3 is 15.6 Å². The summed E-state index contributed by atoms with van der Waals surface area (Å²) in [6.45, 7) is 0. The van der Waals surface area contributed by atoms with Gasteiger partial charge in [-0.2, -0.15) is 13.2 Å². The van der Waals surface area contributed by atoms with E-state index in [0.29, 0.717) is 12.1 Å². The Kier molecular flexibility index (Phi) is 7.23. The minimum Gasteiger partial charge on any atom is -0.342 e. The summed E-state index contributed by atoms with van der Waals surface area (Å²) in [5.74, 6) is -4.34. The number of anilines is 1. The van der Waals surface area contributed by atoms with Gasteiger partial charge in [-0.25, -0.2) is 13.8 Å². The molecule has 0 spiro atoms. The molecule has 0 fully saturated rings. The molecule has 1 aromatic heterocycles. The minimum atomic E-state index is -4.87. The third kappa shape index (κ3) is 5.79. The molecule has 0 aliphatic carbocycles. The van der Waals surface area contributed by atoms with Crippen molar-refractivity contribution in [3.05, 3.63) is 81.8 Å². The molecule has 174 valence electrons. The molecule has 0 saturated carbocycles. The maximum absolute atomic E-state index is 13.8. The number of H-pyrrole nitrogens is 1. The van der Waals surface area contributed by atoms with Crippen LogP contribution in [0.5, 0.6) is 0 Å². The number of rotatable bonds is 6. The Labute approximate surface area is 193 Å². The lowest BCUT2D eigenvalue weighted by Crippen LogP contribution is -2.31. The first kappa shape index (κ1) is 24.5. The van der Waals surface area contributed by atoms with Gasteiger partial charge in [-0.15, -0.1) is 11.6 Å². The van der Waals surface area contributed by atoms with Crippen molar-refractivity contribution in [3.8, 4) is 0 Å². The average molecular weight is 507 g/mol. The van der Waals surface area contributed by atoms with E-state index in [1.807, 2.05) is 0 Å². The number of carbonyl (C=O) groups is 2. The fourth-order valence-electron chi connectivity index (χ4n) is 2.92. The first-order chi connectivity index (χ1) is 15.5. The topological polar surface area (TPSA) is 86.9 Å². The van der Waals surface area contributed by atoms with Gasteiger partial charge in [-0.1, -0.05) is 11.6 Å². The second-order valence-corrected chi connectivity index (χ2v) is 7.32. The summed E-state index contributed by atoms with van der Waals surface area (Å²) >= 11 is 11.7. The van der Waals surface area contributed by atoms with Crippen LogP contribution in [0.1, 0.15) is 33.2 Å². The van der Waals surface area contributed by atoms with Crippen molar-refractivity contribution in [2.45, 2.75) is 12.2 Å². The molecule has 2 aromatic carbocycles. The first-order valence-electron chi connectivity index (χ1n) is 9.02. The molecule has 0 saturated heterocycles. The van der Waals surface area contributed by atoms with E-state index in [1.54, 1.807) is 0 Å². The quantitative estimate of drug-likeness (QED) is 0.322. The first-order valence-corrected chi connectivity index (χ1v) is 9.93. The smallest absolute Gasteiger partial charge is 0.342 e. The Morgan fingerprint density at radius 3 is 2.48 bits per heavy atom. The van der Waals surface area contributed by atoms with Gasteiger partial charge in [0.2, 0.25) is 5.91 Å². The lowest BCUT2D eigenvalue weighted by molar-refractivity contribution is -0.137. The highest BCUT2D eigenvalue weighted by atomic mass is 35.5. The highest BCUT2D eigenvalue weighted by Gasteiger charge is 2.32. The number of aromatic amines is 1. The third-order valence-electron chi connectivity index (χ3n) is 4.36. The number of nitrogens with zero attached hydrogens (tertiary/aromatic N) is 1. The predicted octanol–water partition coefficient (Wildman–Crippen LogP) is 5.06. The van der Waals surface area contributed by atoms with E-state index in [2.05, 4.69) is 20.6 Å². The van der Waals surface area contributed by atoms with E-state index < -0.39 is 52.7 Å². The number of halogens is 7. The van der Waals surface area contributed by atoms with Crippen molar-refractivity contribution in [3.63, 3.8) is 0 Å². The van der Waals surface area contributed by atoms with E-state index in [-0.39, 0.29) is 28.2 Å². The van der Waals surface area contributed by atoms with Gasteiger partial charge in [0, 0.05) is 16.1 Å². The lowest BCUT2D eigenvalue weighted by atomic mass is 10.0. The van der Waals surface area contributed by atoms with Crippen molar-refractivity contribution in [2.75, 3.05) is 11.2 Å². The number of hydrogen-bond donors (Lipinski definition) is 3. The van der Waals surface area contributed by atoms with Gasteiger partial charge in [0.15, 0.2) is 0 Å². The summed E-state index contributed by atoms with van der Waals surface area (Å²) < 4.78 is 66.4. The Balaban J connectivity index is 1.99. The zero-order chi connectivity index (χ0) is 24.3. The molecule has 0 aliphatic rings. The monoisotopic (exact) mass is 506 g/mol. The van der Waals surface area contributed by atoms with Crippen molar-refractivity contribution in [2.24, 2.45) is 0 Å². The van der Waals surface area contributed by atoms with Crippen LogP contribution in [0.15, 0.2) is 42.7 Å². The van der Waals surface area contributed by atoms with Crippen molar-refractivity contribution >= 4 is 40.8 Å². The molecular weight excluding hydrogens is 494 g/mol. The van der Waals surface area contributed by atoms with Crippen LogP contribution in [0, 0.1) is 11.6 Å². The Hall–Kier alpha value is -3.18. The van der Waals surface area contributed by atoms with E-state index in [9.17, 15) is 31.5 Å². The molecule has 3 rings (SSSR count). The summed E-state index contributed by atoms with van der Waals surface area (Å²) in [5, 5.41) is 4.81. The SMILES string of the molecule is O=C(CCl)NC(c1cc(F)ccc1Cl)c1nc[nH]c1NC(=O)c1cc(F)cc(C(F)(F)F)c1. The number of benzene rings is 2. The van der Waals surface area contributed by atoms with Crippen LogP contribution in [-0.2, 0) is 11.0 Å². The number of imidazole rings is 1. The van der Waals surface area contributed by atoms with Crippen molar-refractivity contribution in [1.29, 1.82) is 0 Å². The van der Waals surface area contributed by atoms with Gasteiger partial charge in [-0.3, -0.25) is 9.59 Å². The van der Waals surface area contributed by atoms with E-state index in [0.717, 1.165) is 18.5 Å². The molecule has 3 aromatic rings. The fraction of sp³-hybridized carbons (Fsp3) is 0.150. The zero-order valence-electron chi connectivity index (χ0n) is 16.2. The van der Waals surface area contributed by atoms with Crippen LogP contribution in [0.3, 0.4) is 0 Å². The molecule has 0 aliphatic heterocycles. The molecule has 0 bridgehead atoms. The predicted molar refractivity (Wildman–Crippen MR) is 110 cm³/mol. The van der Waals surface area contributed by atoms with Crippen LogP contribution in [0.2, 0.25) is 5.02 Å². The molecule has 0 radical (unpaired) electrons. The molecule has 1 heterocycles. The molecular formula is C20H13Cl2F5N4O2. The number of nitrogens with one attached hydrogen (secondary N) is 3. The number of amides is 2. The normalized spacial score (nSPS) is 12.3. The van der Waals surface area contributed by atoms with Crippen LogP contribution in [-0.4, -0.2) is 27.7 Å². The zero-order valence-corrected chi connectivity index (χ0v) is 17.7. The second kappa shape index (κ2) is 9.75. The molecule has 1 atom stereocenters. The lowest BCUT2D eigenvalue weighted by Gasteiger charge is -2.20. The van der Waals surface area contributed by atoms with Crippen LogP contribution in [0.25, 0.3) is 0 Å². The number of aromatic nitrogens is 2. The van der Waals surface area contributed by atoms with Gasteiger partial charge in [0.05, 0.1) is 11.9 Å². The standard InChI is InChI=1S/C20H13Cl2F5N4O2/c21-7-15(32)30-16(13-6-11(23)1-2-14(13)22)17-18(29-8-28-17)31-19(33)9-3-10(20(25,26)27)5-12(24)4-9/h1-6,8,16H,7H2,(H,28,29)(H,30,32)(H,31,33). The number of hydrogen-bond acceptors (Lipinski definition) is 3. The summed E-state index contributed by atoms with van der Waals surface area (Å²) in [6.07, 6.45) is -3.76. The Morgan fingerprint density at radius 2 is 1.82 bits per heavy atom. The maximum Gasteiger partial charge on any atom is 0.416 e. The minimum absolute atomic E-state index is 0.0523. The molecule has 13 heteroatoms. The number of carbonyl (C=O) groups excluding carboxylic acids is 2. The average Bonchev–Trinajstić information content (AvgIpc) is 3.20. The van der Waals surface area contributed by atoms with Crippen LogP contribution in [0.4, 0.5) is 27.8 Å². The van der Waals surface area contributed by atoms with E-state index >= 15 is 0 Å². The van der Waals surface area contributed by atoms with Crippen LogP contribution >= 0.6 is 23.2 Å². The highest BCUT2D eigenvalue weighted by molar-refractivity contribution is 6.31. The van der Waals surface area contributed by atoms with E-state index in [4.69, 9.17) is 23.2 Å². The Bertz CT molecular complexity index is 1200. The molecule has 33 heavy (non-hydrogen) atoms. The van der Waals surface area contributed by atoms with Gasteiger partial charge in [0.25, 0.3) is 5.91 Å².